The Morgan fingerprint density at radius 1 is 1.22 bits per heavy atom. The first-order valence-corrected chi connectivity index (χ1v) is 8.14. The molecule has 2 bridgehead atoms. The number of rotatable bonds is 5. The van der Waals surface area contributed by atoms with Crippen LogP contribution in [0.15, 0.2) is 12.2 Å². The van der Waals surface area contributed by atoms with Crippen LogP contribution in [0.25, 0.3) is 0 Å². The number of carbonyl (C=O) groups is 2. The first-order chi connectivity index (χ1) is 10.4. The highest BCUT2D eigenvalue weighted by Crippen LogP contribution is 2.48. The second-order valence-electron chi connectivity index (χ2n) is 5.55. The summed E-state index contributed by atoms with van der Waals surface area (Å²) in [6.07, 6.45) is -4.82. The average Bonchev–Trinajstić information content (AvgIpc) is 2.94. The lowest BCUT2D eigenvalue weighted by atomic mass is 9.83. The number of ether oxygens (including phenoxy) is 1. The third kappa shape index (κ3) is 3.83. The molecule has 7 nitrogen and oxygen atoms in total. The quantitative estimate of drug-likeness (QED) is 0.425. The zero-order chi connectivity index (χ0) is 17.6. The summed E-state index contributed by atoms with van der Waals surface area (Å²) >= 11 is 0. The van der Waals surface area contributed by atoms with Gasteiger partial charge in [0.15, 0.2) is 0 Å². The van der Waals surface area contributed by atoms with Crippen molar-refractivity contribution in [1.82, 2.24) is 0 Å². The van der Waals surface area contributed by atoms with Crippen molar-refractivity contribution in [1.29, 1.82) is 0 Å². The lowest BCUT2D eigenvalue weighted by molar-refractivity contribution is -0.219. The number of carbonyl (C=O) groups excluding carboxylic acids is 1. The molecule has 11 heteroatoms. The second-order valence-corrected chi connectivity index (χ2v) is 7.05. The van der Waals surface area contributed by atoms with Gasteiger partial charge in [-0.05, 0) is 18.3 Å². The van der Waals surface area contributed by atoms with Crippen LogP contribution in [0.5, 0.6) is 0 Å². The highest BCUT2D eigenvalue weighted by molar-refractivity contribution is 7.85. The van der Waals surface area contributed by atoms with Crippen molar-refractivity contribution in [2.75, 3.05) is 5.75 Å². The highest BCUT2D eigenvalue weighted by Gasteiger charge is 2.54. The van der Waals surface area contributed by atoms with E-state index in [9.17, 15) is 31.2 Å². The fourth-order valence-electron chi connectivity index (χ4n) is 3.09. The summed E-state index contributed by atoms with van der Waals surface area (Å²) in [5.74, 6) is -8.15. The van der Waals surface area contributed by atoms with Gasteiger partial charge in [-0.15, -0.1) is 0 Å². The number of halogens is 3. The van der Waals surface area contributed by atoms with Crippen LogP contribution < -0.4 is 0 Å². The summed E-state index contributed by atoms with van der Waals surface area (Å²) in [5.41, 5.74) is 0. The topological polar surface area (TPSA) is 118 Å². The summed E-state index contributed by atoms with van der Waals surface area (Å²) in [6.45, 7) is 0. The van der Waals surface area contributed by atoms with Crippen LogP contribution in [-0.2, 0) is 24.4 Å². The molecule has 4 unspecified atom stereocenters. The van der Waals surface area contributed by atoms with E-state index in [1.54, 1.807) is 12.2 Å². The van der Waals surface area contributed by atoms with Crippen molar-refractivity contribution in [2.45, 2.75) is 18.7 Å². The molecule has 0 saturated heterocycles. The largest absolute Gasteiger partial charge is 0.481 e. The molecule has 1 fully saturated rings. The Bertz CT molecular complexity index is 640. The first kappa shape index (κ1) is 17.7. The van der Waals surface area contributed by atoms with Crippen molar-refractivity contribution >= 4 is 22.1 Å². The number of esters is 1. The van der Waals surface area contributed by atoms with Crippen molar-refractivity contribution in [2.24, 2.45) is 23.7 Å². The van der Waals surface area contributed by atoms with Crippen LogP contribution in [0.3, 0.4) is 0 Å². The lowest BCUT2D eigenvalue weighted by Crippen LogP contribution is -2.43. The van der Waals surface area contributed by atoms with Gasteiger partial charge in [0.05, 0.1) is 11.8 Å². The molecule has 0 spiro atoms. The predicted octanol–water partition coefficient (Wildman–Crippen LogP) is 0.871. The molecule has 0 aromatic heterocycles. The molecule has 0 aromatic carbocycles. The molecule has 2 rings (SSSR count). The predicted molar refractivity (Wildman–Crippen MR) is 67.7 cm³/mol. The Balaban J connectivity index is 2.18. The summed E-state index contributed by atoms with van der Waals surface area (Å²) in [5, 5.41) is 9.14. The van der Waals surface area contributed by atoms with Gasteiger partial charge in [0, 0.05) is 0 Å². The van der Waals surface area contributed by atoms with Crippen molar-refractivity contribution in [3.63, 3.8) is 0 Å². The average molecular weight is 358 g/mol. The number of fused-ring (bicyclic) bond motifs is 2. The van der Waals surface area contributed by atoms with Gasteiger partial charge in [-0.25, -0.2) is 0 Å². The van der Waals surface area contributed by atoms with E-state index in [1.165, 1.54) is 0 Å². The van der Waals surface area contributed by atoms with E-state index < -0.39 is 63.8 Å². The van der Waals surface area contributed by atoms with Gasteiger partial charge in [0.2, 0.25) is 6.10 Å². The van der Waals surface area contributed by atoms with Crippen LogP contribution in [0.4, 0.5) is 13.2 Å². The maximum Gasteiger partial charge on any atom is 0.426 e. The summed E-state index contributed by atoms with van der Waals surface area (Å²) in [7, 11) is -5.04. The number of allylic oxidation sites excluding steroid dienone is 2. The third-order valence-corrected chi connectivity index (χ3v) is 4.73. The van der Waals surface area contributed by atoms with E-state index in [1.807, 2.05) is 0 Å². The van der Waals surface area contributed by atoms with Crippen molar-refractivity contribution in [3.05, 3.63) is 12.2 Å². The number of carboxylic acid groups (broad SMARTS) is 1. The number of carboxylic acids is 1. The molecular weight excluding hydrogens is 345 g/mol. The van der Waals surface area contributed by atoms with Crippen LogP contribution in [0.2, 0.25) is 0 Å². The third-order valence-electron chi connectivity index (χ3n) is 4.00. The zero-order valence-corrected chi connectivity index (χ0v) is 12.2. The van der Waals surface area contributed by atoms with E-state index in [0.717, 1.165) is 0 Å². The second kappa shape index (κ2) is 5.78. The maximum atomic E-state index is 12.8. The summed E-state index contributed by atoms with van der Waals surface area (Å²) < 4.78 is 72.3. The molecule has 2 aliphatic rings. The molecular formula is C12H13F3O7S. The van der Waals surface area contributed by atoms with E-state index in [-0.39, 0.29) is 0 Å². The van der Waals surface area contributed by atoms with Gasteiger partial charge in [0.25, 0.3) is 10.1 Å². The molecule has 1 saturated carbocycles. The zero-order valence-electron chi connectivity index (χ0n) is 11.4. The van der Waals surface area contributed by atoms with Gasteiger partial charge in [-0.2, -0.15) is 21.6 Å². The van der Waals surface area contributed by atoms with Gasteiger partial charge in [-0.3, -0.25) is 14.1 Å². The molecule has 130 valence electrons. The van der Waals surface area contributed by atoms with E-state index in [2.05, 4.69) is 4.74 Å². The van der Waals surface area contributed by atoms with Crippen molar-refractivity contribution < 1.29 is 45.6 Å². The normalized spacial score (nSPS) is 31.1. The van der Waals surface area contributed by atoms with Gasteiger partial charge >= 0.3 is 18.1 Å². The minimum absolute atomic E-state index is 0.311. The van der Waals surface area contributed by atoms with Crippen molar-refractivity contribution in [3.8, 4) is 0 Å². The maximum absolute atomic E-state index is 12.8. The molecule has 0 aromatic rings. The smallest absolute Gasteiger partial charge is 0.426 e. The number of hydrogen-bond acceptors (Lipinski definition) is 5. The van der Waals surface area contributed by atoms with E-state index in [0.29, 0.717) is 6.42 Å². The molecule has 2 N–H and O–H groups in total. The summed E-state index contributed by atoms with van der Waals surface area (Å²) in [4.78, 5) is 23.2. The monoisotopic (exact) mass is 358 g/mol. The van der Waals surface area contributed by atoms with Crippen LogP contribution in [0, 0.1) is 23.7 Å². The standard InChI is InChI=1S/C12H13F3O7S/c13-12(14,15)7(4-23(19,20)21)22-11(18)9-6-2-1-5(3-6)8(9)10(16)17/h1-2,5-9H,3-4H2,(H,16,17)(H,19,20,21)/t5-,6?,7?,8?,9?/m0/s1. The van der Waals surface area contributed by atoms with Crippen LogP contribution in [0.1, 0.15) is 6.42 Å². The fourth-order valence-corrected chi connectivity index (χ4v) is 3.73. The molecule has 0 radical (unpaired) electrons. The Morgan fingerprint density at radius 2 is 1.74 bits per heavy atom. The van der Waals surface area contributed by atoms with E-state index in [4.69, 9.17) is 9.66 Å². The Hall–Kier alpha value is -1.62. The van der Waals surface area contributed by atoms with Crippen LogP contribution >= 0.6 is 0 Å². The molecule has 0 amide bonds. The van der Waals surface area contributed by atoms with Gasteiger partial charge in [0.1, 0.15) is 5.75 Å². The fraction of sp³-hybridized carbons (Fsp3) is 0.667. The lowest BCUT2D eigenvalue weighted by Gasteiger charge is -2.26. The Kier molecular flexibility index (Phi) is 4.46. The molecule has 5 atom stereocenters. The van der Waals surface area contributed by atoms with Crippen LogP contribution in [-0.4, -0.2) is 48.0 Å². The highest BCUT2D eigenvalue weighted by atomic mass is 32.2. The molecule has 2 aliphatic carbocycles. The number of hydrogen-bond donors (Lipinski definition) is 2. The Labute approximate surface area is 128 Å². The first-order valence-electron chi connectivity index (χ1n) is 6.53. The molecule has 0 heterocycles. The summed E-state index contributed by atoms with van der Waals surface area (Å²) in [6, 6.07) is 0. The Morgan fingerprint density at radius 3 is 2.17 bits per heavy atom. The van der Waals surface area contributed by atoms with Gasteiger partial charge < -0.3 is 9.84 Å². The van der Waals surface area contributed by atoms with E-state index >= 15 is 0 Å². The molecule has 0 aliphatic heterocycles. The number of aliphatic carboxylic acids is 1. The molecule has 23 heavy (non-hydrogen) atoms. The SMILES string of the molecule is O=C(OC(CS(=O)(=O)O)C(F)(F)F)C1C2C=C[C@@H](C2)C1C(=O)O. The minimum atomic E-state index is -5.21. The van der Waals surface area contributed by atoms with Gasteiger partial charge in [-0.1, -0.05) is 12.2 Å². The minimum Gasteiger partial charge on any atom is -0.481 e. The number of alkyl halides is 3.